The van der Waals surface area contributed by atoms with Crippen molar-refractivity contribution < 1.29 is 22.6 Å². The van der Waals surface area contributed by atoms with Gasteiger partial charge in [0.1, 0.15) is 19.0 Å². The van der Waals surface area contributed by atoms with Gasteiger partial charge in [-0.3, -0.25) is 4.90 Å². The number of hydrogen-bond donors (Lipinski definition) is 0. The van der Waals surface area contributed by atoms with Crippen LogP contribution in [0.15, 0.2) is 52.4 Å². The van der Waals surface area contributed by atoms with Crippen molar-refractivity contribution in [3.05, 3.63) is 60.3 Å². The minimum Gasteiger partial charge on any atom is -0.485 e. The Labute approximate surface area is 213 Å². The molecule has 0 spiro atoms. The molecule has 1 saturated heterocycles. The highest BCUT2D eigenvalue weighted by Crippen LogP contribution is 2.42. The van der Waals surface area contributed by atoms with Crippen LogP contribution in [0.1, 0.15) is 18.9 Å². The van der Waals surface area contributed by atoms with Gasteiger partial charge in [-0.2, -0.15) is 13.2 Å². The lowest BCUT2D eigenvalue weighted by Crippen LogP contribution is -2.46. The first-order valence-corrected chi connectivity index (χ1v) is 12.8. The molecule has 5 nitrogen and oxygen atoms in total. The molecule has 0 bridgehead atoms. The fourth-order valence-electron chi connectivity index (χ4n) is 4.39. The van der Waals surface area contributed by atoms with Crippen molar-refractivity contribution in [2.75, 3.05) is 50.8 Å². The summed E-state index contributed by atoms with van der Waals surface area (Å²) in [5.74, 6) is 1.68. The van der Waals surface area contributed by atoms with Gasteiger partial charge in [0, 0.05) is 43.3 Å². The molecule has 0 aliphatic carbocycles. The normalized spacial score (nSPS) is 16.1. The van der Waals surface area contributed by atoms with Crippen molar-refractivity contribution in [3.8, 4) is 22.6 Å². The first-order valence-electron chi connectivity index (χ1n) is 12.0. The predicted molar refractivity (Wildman–Crippen MR) is 133 cm³/mol. The van der Waals surface area contributed by atoms with E-state index < -0.39 is 11.7 Å². The zero-order valence-electron chi connectivity index (χ0n) is 19.9. The van der Waals surface area contributed by atoms with Crippen LogP contribution in [-0.4, -0.2) is 55.8 Å². The molecule has 0 atom stereocenters. The largest absolute Gasteiger partial charge is 0.485 e. The van der Waals surface area contributed by atoms with E-state index in [2.05, 4.69) is 33.8 Å². The molecule has 2 aliphatic rings. The number of rotatable bonds is 6. The van der Waals surface area contributed by atoms with E-state index >= 15 is 0 Å². The molecule has 0 radical (unpaired) electrons. The summed E-state index contributed by atoms with van der Waals surface area (Å²) in [7, 11) is 0. The van der Waals surface area contributed by atoms with Crippen molar-refractivity contribution >= 4 is 17.6 Å². The van der Waals surface area contributed by atoms with E-state index in [1.165, 1.54) is 12.1 Å². The molecular weight excluding hydrogens is 487 g/mol. The summed E-state index contributed by atoms with van der Waals surface area (Å²) in [6.07, 6.45) is -1.73. The van der Waals surface area contributed by atoms with Gasteiger partial charge < -0.3 is 14.4 Å². The van der Waals surface area contributed by atoms with Crippen LogP contribution < -0.4 is 14.4 Å². The van der Waals surface area contributed by atoms with Crippen molar-refractivity contribution in [2.45, 2.75) is 29.3 Å². The van der Waals surface area contributed by atoms with Gasteiger partial charge in [0.2, 0.25) is 5.75 Å². The van der Waals surface area contributed by atoms with Gasteiger partial charge >= 0.3 is 6.18 Å². The van der Waals surface area contributed by atoms with Gasteiger partial charge in [-0.05, 0) is 54.4 Å². The number of nitrogens with zero attached hydrogens (tertiary/aromatic N) is 3. The molecule has 0 unspecified atom stereocenters. The quantitative estimate of drug-likeness (QED) is 0.414. The van der Waals surface area contributed by atoms with Crippen LogP contribution in [0, 0.1) is 12.1 Å². The first kappa shape index (κ1) is 24.6. The van der Waals surface area contributed by atoms with Gasteiger partial charge in [0.05, 0.1) is 10.5 Å². The second-order valence-corrected chi connectivity index (χ2v) is 9.77. The molecule has 0 N–H and O–H groups in total. The lowest BCUT2D eigenvalue weighted by Gasteiger charge is -2.35. The Hall–Kier alpha value is -3.09. The van der Waals surface area contributed by atoms with Crippen LogP contribution in [0.5, 0.6) is 11.5 Å². The highest BCUT2D eigenvalue weighted by molar-refractivity contribution is 7.99. The topological polar surface area (TPSA) is 37.8 Å². The van der Waals surface area contributed by atoms with Crippen LogP contribution >= 0.6 is 11.8 Å². The maximum absolute atomic E-state index is 14.1. The Balaban J connectivity index is 1.39. The molecule has 5 rings (SSSR count). The maximum Gasteiger partial charge on any atom is 0.417 e. The van der Waals surface area contributed by atoms with E-state index in [4.69, 9.17) is 9.47 Å². The summed E-state index contributed by atoms with van der Waals surface area (Å²) < 4.78 is 53.2. The third-order valence-electron chi connectivity index (χ3n) is 6.19. The van der Waals surface area contributed by atoms with E-state index in [0.29, 0.717) is 40.7 Å². The number of halogens is 3. The van der Waals surface area contributed by atoms with Crippen molar-refractivity contribution in [1.29, 1.82) is 0 Å². The number of anilines is 1. The summed E-state index contributed by atoms with van der Waals surface area (Å²) in [4.78, 5) is 9.67. The molecule has 36 heavy (non-hydrogen) atoms. The lowest BCUT2D eigenvalue weighted by atomic mass is 10.0. The van der Waals surface area contributed by atoms with Crippen molar-refractivity contribution in [1.82, 2.24) is 9.88 Å². The Morgan fingerprint density at radius 3 is 2.53 bits per heavy atom. The summed E-state index contributed by atoms with van der Waals surface area (Å²) in [6.45, 7) is 7.66. The van der Waals surface area contributed by atoms with Crippen LogP contribution in [0.3, 0.4) is 0 Å². The highest BCUT2D eigenvalue weighted by atomic mass is 32.2. The third kappa shape index (κ3) is 5.50. The Morgan fingerprint density at radius 2 is 1.75 bits per heavy atom. The minimum absolute atomic E-state index is 0.0916. The molecule has 1 aromatic heterocycles. The minimum atomic E-state index is -4.51. The van der Waals surface area contributed by atoms with Crippen molar-refractivity contribution in [2.24, 2.45) is 0 Å². The summed E-state index contributed by atoms with van der Waals surface area (Å²) in [6, 6.07) is 15.4. The molecule has 2 aromatic carbocycles. The zero-order valence-corrected chi connectivity index (χ0v) is 20.7. The highest BCUT2D eigenvalue weighted by Gasteiger charge is 2.34. The van der Waals surface area contributed by atoms with E-state index in [1.54, 1.807) is 24.4 Å². The number of alkyl halides is 3. The second kappa shape index (κ2) is 10.5. The Bertz CT molecular complexity index is 1210. The first-order chi connectivity index (χ1) is 17.4. The number of aromatic nitrogens is 1. The monoisotopic (exact) mass is 513 g/mol. The van der Waals surface area contributed by atoms with Gasteiger partial charge in [-0.1, -0.05) is 30.8 Å². The molecule has 0 saturated carbocycles. The van der Waals surface area contributed by atoms with E-state index in [1.807, 2.05) is 6.07 Å². The maximum atomic E-state index is 14.1. The molecular formula is C27H26F3N3O2S. The van der Waals surface area contributed by atoms with E-state index in [0.717, 1.165) is 56.7 Å². The van der Waals surface area contributed by atoms with Gasteiger partial charge in [-0.25, -0.2) is 4.98 Å². The van der Waals surface area contributed by atoms with Crippen LogP contribution in [0.25, 0.3) is 11.1 Å². The smallest absolute Gasteiger partial charge is 0.417 e. The molecule has 1 fully saturated rings. The zero-order chi connectivity index (χ0) is 25.1. The summed E-state index contributed by atoms with van der Waals surface area (Å²) >= 11 is 0.980. The average Bonchev–Trinajstić information content (AvgIpc) is 2.89. The third-order valence-corrected chi connectivity index (χ3v) is 7.21. The fourth-order valence-corrected chi connectivity index (χ4v) is 5.32. The number of ether oxygens (including phenoxy) is 2. The summed E-state index contributed by atoms with van der Waals surface area (Å²) in [5, 5.41) is 0. The number of fused-ring (bicyclic) bond motifs is 1. The number of benzene rings is 1. The summed E-state index contributed by atoms with van der Waals surface area (Å²) in [5.41, 5.74) is 0.509. The average molecular weight is 514 g/mol. The number of piperazine rings is 1. The van der Waals surface area contributed by atoms with Crippen LogP contribution in [0.2, 0.25) is 0 Å². The van der Waals surface area contributed by atoms with E-state index in [-0.39, 0.29) is 4.90 Å². The van der Waals surface area contributed by atoms with Gasteiger partial charge in [0.15, 0.2) is 5.75 Å². The Morgan fingerprint density at radius 1 is 0.972 bits per heavy atom. The van der Waals surface area contributed by atoms with Crippen LogP contribution in [-0.2, 0) is 6.18 Å². The predicted octanol–water partition coefficient (Wildman–Crippen LogP) is 5.82. The number of pyridine rings is 1. The molecule has 2 aliphatic heterocycles. The second-order valence-electron chi connectivity index (χ2n) is 8.69. The molecule has 9 heteroatoms. The molecule has 3 heterocycles. The standard InChI is InChI=1S/C27H26F3N3O2S/c1-2-9-32-10-12-33(13-11-32)26-17-20(7-8-31-26)19-3-6-25(22(16-19)27(28,29)30)36-21-4-5-23-24(18-21)35-15-14-34-23/h3,6-8,16-18H,2,9-15H2,1H3. The van der Waals surface area contributed by atoms with Gasteiger partial charge in [-0.15, -0.1) is 0 Å². The Kier molecular flexibility index (Phi) is 7.17. The van der Waals surface area contributed by atoms with Crippen LogP contribution in [0.4, 0.5) is 19.0 Å². The van der Waals surface area contributed by atoms with E-state index in [9.17, 15) is 13.2 Å². The lowest BCUT2D eigenvalue weighted by molar-refractivity contribution is -0.139. The van der Waals surface area contributed by atoms with Gasteiger partial charge in [0.25, 0.3) is 0 Å². The molecule has 3 aromatic rings. The SMILES string of the molecule is CCCN1CCN(c2cc(-c3ccc(Sc4c#cc5c(c4)OCCO5)c(C(F)(F)F)c3)ccn2)CC1. The molecule has 0 amide bonds. The molecule has 188 valence electrons. The fraction of sp³-hybridized carbons (Fsp3) is 0.370. The van der Waals surface area contributed by atoms with Crippen molar-refractivity contribution in [3.63, 3.8) is 0 Å². The number of hydrogen-bond acceptors (Lipinski definition) is 6.